The van der Waals surface area contributed by atoms with E-state index < -0.39 is 0 Å². The number of carbonyl (C=O) groups is 1. The van der Waals surface area contributed by atoms with Gasteiger partial charge in [-0.2, -0.15) is 0 Å². The number of nitrogens with one attached hydrogen (secondary N) is 1. The van der Waals surface area contributed by atoms with Crippen LogP contribution in [0.3, 0.4) is 0 Å². The Labute approximate surface area is 95.2 Å². The van der Waals surface area contributed by atoms with E-state index in [1.807, 2.05) is 18.2 Å². The highest BCUT2D eigenvalue weighted by Gasteiger charge is 2.03. The van der Waals surface area contributed by atoms with Crippen LogP contribution in [-0.4, -0.2) is 31.6 Å². The Morgan fingerprint density at radius 1 is 1.44 bits per heavy atom. The number of benzene rings is 1. The fraction of sp³-hybridized carbons (Fsp3) is 0.250. The van der Waals surface area contributed by atoms with Crippen molar-refractivity contribution in [2.24, 2.45) is 0 Å². The van der Waals surface area contributed by atoms with Crippen molar-refractivity contribution in [3.63, 3.8) is 0 Å². The lowest BCUT2D eigenvalue weighted by Crippen LogP contribution is -2.27. The maximum atomic E-state index is 11.4. The van der Waals surface area contributed by atoms with Crippen LogP contribution in [-0.2, 0) is 5.11 Å². The number of hydrogen-bond acceptors (Lipinski definition) is 1. The van der Waals surface area contributed by atoms with Crippen molar-refractivity contribution in [3.8, 4) is 0 Å². The Bertz CT molecular complexity index is 386. The molecule has 16 heavy (non-hydrogen) atoms. The van der Waals surface area contributed by atoms with Gasteiger partial charge in [0.25, 0.3) is 0 Å². The number of carbonyl (C=O) groups excluding carboxylic acids is 1. The molecule has 2 amide bonds. The molecule has 1 rings (SSSR count). The molecule has 0 atom stereocenters. The zero-order valence-electron chi connectivity index (χ0n) is 9.43. The van der Waals surface area contributed by atoms with E-state index in [1.165, 1.54) is 11.0 Å². The highest BCUT2D eigenvalue weighted by molar-refractivity contribution is 5.89. The number of hydrogen-bond donors (Lipinski definition) is 1. The summed E-state index contributed by atoms with van der Waals surface area (Å²) >= 11 is 0. The van der Waals surface area contributed by atoms with Crippen LogP contribution < -0.4 is 5.32 Å². The Hall–Kier alpha value is -1.81. The summed E-state index contributed by atoms with van der Waals surface area (Å²) in [7, 11) is 3.35. The molecule has 1 N–H and O–H groups in total. The van der Waals surface area contributed by atoms with E-state index in [9.17, 15) is 9.90 Å². The predicted octanol–water partition coefficient (Wildman–Crippen LogP) is 2.22. The molecule has 4 heteroatoms. The van der Waals surface area contributed by atoms with Crippen LogP contribution in [0.5, 0.6) is 0 Å². The zero-order valence-corrected chi connectivity index (χ0v) is 9.43. The van der Waals surface area contributed by atoms with E-state index in [4.69, 9.17) is 0 Å². The van der Waals surface area contributed by atoms with E-state index in [0.29, 0.717) is 5.69 Å². The lowest BCUT2D eigenvalue weighted by atomic mass is 10.2. The highest BCUT2D eigenvalue weighted by Crippen LogP contribution is 2.12. The average molecular weight is 219 g/mol. The summed E-state index contributed by atoms with van der Waals surface area (Å²) in [6, 6.07) is 7.14. The van der Waals surface area contributed by atoms with Crippen molar-refractivity contribution in [1.82, 2.24) is 4.90 Å². The first-order chi connectivity index (χ1) is 7.63. The first kappa shape index (κ1) is 12.3. The van der Waals surface area contributed by atoms with E-state index >= 15 is 0 Å². The van der Waals surface area contributed by atoms with E-state index in [0.717, 1.165) is 5.56 Å². The topological polar surface area (TPSA) is 52.2 Å². The van der Waals surface area contributed by atoms with Crippen molar-refractivity contribution in [2.75, 3.05) is 26.0 Å². The second kappa shape index (κ2) is 5.92. The third-order valence-electron chi connectivity index (χ3n) is 1.95. The van der Waals surface area contributed by atoms with Crippen molar-refractivity contribution >= 4 is 17.8 Å². The number of amides is 2. The van der Waals surface area contributed by atoms with E-state index in [2.05, 4.69) is 5.32 Å². The van der Waals surface area contributed by atoms with Gasteiger partial charge in [-0.05, 0) is 17.7 Å². The Balaban J connectivity index is 2.74. The normalized spacial score (nSPS) is 10.4. The molecule has 1 aromatic carbocycles. The molecular formula is C12H15N2O2. The molecule has 0 bridgehead atoms. The lowest BCUT2D eigenvalue weighted by molar-refractivity contribution is 0.230. The van der Waals surface area contributed by atoms with Crippen LogP contribution in [0.2, 0.25) is 0 Å². The van der Waals surface area contributed by atoms with Crippen molar-refractivity contribution in [2.45, 2.75) is 0 Å². The Morgan fingerprint density at radius 3 is 2.81 bits per heavy atom. The summed E-state index contributed by atoms with van der Waals surface area (Å²) in [6.07, 6.45) is 3.27. The number of rotatable bonds is 3. The van der Waals surface area contributed by atoms with Crippen LogP contribution >= 0.6 is 0 Å². The molecule has 1 aromatic rings. The summed E-state index contributed by atoms with van der Waals surface area (Å²) in [5.41, 5.74) is 1.61. The molecule has 0 aliphatic carbocycles. The molecule has 0 aliphatic heterocycles. The average Bonchev–Trinajstić information content (AvgIpc) is 2.26. The van der Waals surface area contributed by atoms with Crippen molar-refractivity contribution in [3.05, 3.63) is 35.9 Å². The van der Waals surface area contributed by atoms with Gasteiger partial charge in [0.15, 0.2) is 0 Å². The number of urea groups is 1. The van der Waals surface area contributed by atoms with Crippen LogP contribution in [0.1, 0.15) is 5.56 Å². The fourth-order valence-electron chi connectivity index (χ4n) is 1.14. The van der Waals surface area contributed by atoms with Gasteiger partial charge >= 0.3 is 6.03 Å². The zero-order chi connectivity index (χ0) is 12.0. The fourth-order valence-corrected chi connectivity index (χ4v) is 1.14. The molecule has 0 aliphatic rings. The monoisotopic (exact) mass is 219 g/mol. The summed E-state index contributed by atoms with van der Waals surface area (Å²) in [5.74, 6) is 0. The second-order valence-electron chi connectivity index (χ2n) is 3.52. The smallest absolute Gasteiger partial charge is 0.321 e. The molecule has 0 heterocycles. The minimum absolute atomic E-state index is 0.176. The minimum atomic E-state index is -0.242. The molecule has 0 aromatic heterocycles. The highest BCUT2D eigenvalue weighted by atomic mass is 16.2. The van der Waals surface area contributed by atoms with Gasteiger partial charge in [-0.25, -0.2) is 9.90 Å². The van der Waals surface area contributed by atoms with Gasteiger partial charge in [0.1, 0.15) is 6.61 Å². The van der Waals surface area contributed by atoms with Gasteiger partial charge < -0.3 is 10.2 Å². The quantitative estimate of drug-likeness (QED) is 0.832. The van der Waals surface area contributed by atoms with Gasteiger partial charge in [0.05, 0.1) is 0 Å². The molecule has 1 radical (unpaired) electrons. The summed E-state index contributed by atoms with van der Waals surface area (Å²) in [6.45, 7) is -0.242. The first-order valence-electron chi connectivity index (χ1n) is 4.96. The molecule has 4 nitrogen and oxygen atoms in total. The lowest BCUT2D eigenvalue weighted by Gasteiger charge is -2.12. The molecule has 0 saturated carbocycles. The van der Waals surface area contributed by atoms with E-state index in [1.54, 1.807) is 26.2 Å². The Morgan fingerprint density at radius 2 is 2.19 bits per heavy atom. The third-order valence-corrected chi connectivity index (χ3v) is 1.95. The molecule has 0 fully saturated rings. The van der Waals surface area contributed by atoms with Gasteiger partial charge in [0.2, 0.25) is 0 Å². The van der Waals surface area contributed by atoms with Gasteiger partial charge in [-0.1, -0.05) is 24.3 Å². The minimum Gasteiger partial charge on any atom is -0.331 e. The molecule has 0 saturated heterocycles. The summed E-state index contributed by atoms with van der Waals surface area (Å²) < 4.78 is 0. The summed E-state index contributed by atoms with van der Waals surface area (Å²) in [5, 5.41) is 13.0. The Kier molecular flexibility index (Phi) is 4.54. The number of anilines is 1. The van der Waals surface area contributed by atoms with Crippen LogP contribution in [0.25, 0.3) is 6.08 Å². The maximum Gasteiger partial charge on any atom is 0.321 e. The third kappa shape index (κ3) is 3.74. The second-order valence-corrected chi connectivity index (χ2v) is 3.52. The van der Waals surface area contributed by atoms with Gasteiger partial charge in [-0.15, -0.1) is 0 Å². The van der Waals surface area contributed by atoms with Crippen LogP contribution in [0.4, 0.5) is 10.5 Å². The van der Waals surface area contributed by atoms with E-state index in [-0.39, 0.29) is 12.6 Å². The van der Waals surface area contributed by atoms with Crippen LogP contribution in [0.15, 0.2) is 30.3 Å². The van der Waals surface area contributed by atoms with Gasteiger partial charge in [-0.3, -0.25) is 0 Å². The van der Waals surface area contributed by atoms with Crippen LogP contribution in [0, 0.1) is 0 Å². The molecule has 0 unspecified atom stereocenters. The standard InChI is InChI=1S/C12H15N2O2/c1-14(2)12(16)13-11-7-3-5-10(9-11)6-4-8-15/h3-7,9H,8H2,1-2H3,(H,13,16)/b6-4+. The maximum absolute atomic E-state index is 11.4. The number of nitrogens with zero attached hydrogens (tertiary/aromatic N) is 1. The predicted molar refractivity (Wildman–Crippen MR) is 63.7 cm³/mol. The largest absolute Gasteiger partial charge is 0.331 e. The SMILES string of the molecule is CN(C)C(=O)Nc1cccc(/C=C/C[O])c1. The van der Waals surface area contributed by atoms with Crippen molar-refractivity contribution in [1.29, 1.82) is 0 Å². The molecule has 85 valence electrons. The molecular weight excluding hydrogens is 204 g/mol. The summed E-state index contributed by atoms with van der Waals surface area (Å²) in [4.78, 5) is 12.8. The van der Waals surface area contributed by atoms with Crippen molar-refractivity contribution < 1.29 is 9.90 Å². The molecule has 0 spiro atoms. The first-order valence-corrected chi connectivity index (χ1v) is 4.96. The van der Waals surface area contributed by atoms with Gasteiger partial charge in [0, 0.05) is 19.8 Å².